The average Bonchev–Trinajstić information content (AvgIpc) is 2.46. The minimum atomic E-state index is -0.454. The van der Waals surface area contributed by atoms with Gasteiger partial charge in [0.2, 0.25) is 0 Å². The standard InChI is InChI=1S/C17H25N3O2/c1-17(2,3)22-16(21)20-9-6-14(7-10-20)15-11-13(12-18-4)5-8-19-15/h5-6,8,11,18H,7,9-10,12H2,1-4H3. The third kappa shape index (κ3) is 4.56. The summed E-state index contributed by atoms with van der Waals surface area (Å²) in [4.78, 5) is 18.2. The van der Waals surface area contributed by atoms with Crippen molar-refractivity contribution in [2.24, 2.45) is 0 Å². The molecule has 0 atom stereocenters. The Morgan fingerprint density at radius 3 is 2.82 bits per heavy atom. The van der Waals surface area contributed by atoms with Gasteiger partial charge in [-0.3, -0.25) is 4.98 Å². The van der Waals surface area contributed by atoms with Gasteiger partial charge >= 0.3 is 6.09 Å². The third-order valence-corrected chi connectivity index (χ3v) is 3.40. The number of hydrogen-bond acceptors (Lipinski definition) is 4. The van der Waals surface area contributed by atoms with Gasteiger partial charge in [0.25, 0.3) is 0 Å². The van der Waals surface area contributed by atoms with E-state index in [4.69, 9.17) is 4.74 Å². The summed E-state index contributed by atoms with van der Waals surface area (Å²) in [5.74, 6) is 0. The molecule has 0 unspecified atom stereocenters. The van der Waals surface area contributed by atoms with Crippen LogP contribution in [0.1, 0.15) is 38.4 Å². The number of carbonyl (C=O) groups is 1. The number of hydrogen-bond donors (Lipinski definition) is 1. The Bertz CT molecular complexity index is 561. The van der Waals surface area contributed by atoms with Crippen LogP contribution in [-0.4, -0.2) is 41.7 Å². The van der Waals surface area contributed by atoms with Crippen LogP contribution in [-0.2, 0) is 11.3 Å². The summed E-state index contributed by atoms with van der Waals surface area (Å²) in [5, 5.41) is 3.14. The molecule has 0 spiro atoms. The van der Waals surface area contributed by atoms with Crippen LogP contribution in [0.15, 0.2) is 24.4 Å². The molecule has 2 heterocycles. The van der Waals surface area contributed by atoms with Gasteiger partial charge < -0.3 is 15.0 Å². The Hall–Kier alpha value is -1.88. The second kappa shape index (κ2) is 6.92. The zero-order valence-corrected chi connectivity index (χ0v) is 13.8. The lowest BCUT2D eigenvalue weighted by molar-refractivity contribution is 0.0270. The monoisotopic (exact) mass is 303 g/mol. The molecule has 1 aliphatic heterocycles. The highest BCUT2D eigenvalue weighted by Gasteiger charge is 2.24. The number of pyridine rings is 1. The van der Waals surface area contributed by atoms with E-state index in [1.165, 1.54) is 11.1 Å². The van der Waals surface area contributed by atoms with E-state index < -0.39 is 5.60 Å². The molecule has 0 aliphatic carbocycles. The van der Waals surface area contributed by atoms with Crippen molar-refractivity contribution in [3.8, 4) is 0 Å². The fraction of sp³-hybridized carbons (Fsp3) is 0.529. The van der Waals surface area contributed by atoms with Gasteiger partial charge in [0.1, 0.15) is 5.60 Å². The number of ether oxygens (including phenoxy) is 1. The number of nitrogens with one attached hydrogen (secondary N) is 1. The highest BCUT2D eigenvalue weighted by molar-refractivity contribution is 5.72. The zero-order chi connectivity index (χ0) is 16.2. The van der Waals surface area contributed by atoms with Crippen molar-refractivity contribution in [1.82, 2.24) is 15.2 Å². The fourth-order valence-corrected chi connectivity index (χ4v) is 2.36. The molecule has 22 heavy (non-hydrogen) atoms. The summed E-state index contributed by atoms with van der Waals surface area (Å²) in [6.45, 7) is 7.71. The molecule has 0 radical (unpaired) electrons. The normalized spacial score (nSPS) is 15.5. The molecule has 0 bridgehead atoms. The van der Waals surface area contributed by atoms with Crippen molar-refractivity contribution in [2.75, 3.05) is 20.1 Å². The predicted octanol–water partition coefficient (Wildman–Crippen LogP) is 2.83. The van der Waals surface area contributed by atoms with Crippen LogP contribution in [0.3, 0.4) is 0 Å². The first kappa shape index (κ1) is 16.5. The molecule has 120 valence electrons. The average molecular weight is 303 g/mol. The summed E-state index contributed by atoms with van der Waals surface area (Å²) in [5.41, 5.74) is 2.95. The van der Waals surface area contributed by atoms with Crippen LogP contribution >= 0.6 is 0 Å². The number of aromatic nitrogens is 1. The third-order valence-electron chi connectivity index (χ3n) is 3.40. The zero-order valence-electron chi connectivity index (χ0n) is 13.8. The molecule has 0 fully saturated rings. The van der Waals surface area contributed by atoms with E-state index in [1.807, 2.05) is 40.1 Å². The Labute approximate surface area is 132 Å². The van der Waals surface area contributed by atoms with Gasteiger partial charge in [-0.1, -0.05) is 6.08 Å². The number of carbonyl (C=O) groups excluding carboxylic acids is 1. The molecule has 0 saturated carbocycles. The Morgan fingerprint density at radius 2 is 2.23 bits per heavy atom. The van der Waals surface area contributed by atoms with E-state index >= 15 is 0 Å². The van der Waals surface area contributed by atoms with Crippen molar-refractivity contribution in [1.29, 1.82) is 0 Å². The van der Waals surface area contributed by atoms with Crippen LogP contribution in [0.2, 0.25) is 0 Å². The number of rotatable bonds is 3. The molecule has 1 aliphatic rings. The summed E-state index contributed by atoms with van der Waals surface area (Å²) >= 11 is 0. The van der Waals surface area contributed by atoms with Crippen LogP contribution in [0, 0.1) is 0 Å². The summed E-state index contributed by atoms with van der Waals surface area (Å²) in [6.07, 6.45) is 4.46. The maximum absolute atomic E-state index is 12.0. The molecule has 1 amide bonds. The molecule has 0 saturated heterocycles. The fourth-order valence-electron chi connectivity index (χ4n) is 2.36. The molecule has 5 heteroatoms. The van der Waals surface area contributed by atoms with Crippen LogP contribution < -0.4 is 5.32 Å². The second-order valence-electron chi connectivity index (χ2n) is 6.49. The van der Waals surface area contributed by atoms with Gasteiger partial charge in [0.05, 0.1) is 5.69 Å². The lowest BCUT2D eigenvalue weighted by Gasteiger charge is -2.29. The molecular weight excluding hydrogens is 278 g/mol. The van der Waals surface area contributed by atoms with E-state index in [-0.39, 0.29) is 6.09 Å². The van der Waals surface area contributed by atoms with Crippen LogP contribution in [0.25, 0.3) is 5.57 Å². The predicted molar refractivity (Wildman–Crippen MR) is 87.4 cm³/mol. The maximum Gasteiger partial charge on any atom is 0.410 e. The summed E-state index contributed by atoms with van der Waals surface area (Å²) in [6, 6.07) is 4.11. The topological polar surface area (TPSA) is 54.5 Å². The van der Waals surface area contributed by atoms with Crippen molar-refractivity contribution in [2.45, 2.75) is 39.3 Å². The first-order valence-corrected chi connectivity index (χ1v) is 7.66. The van der Waals surface area contributed by atoms with Gasteiger partial charge in [0, 0.05) is 25.8 Å². The van der Waals surface area contributed by atoms with Gasteiger partial charge in [-0.2, -0.15) is 0 Å². The van der Waals surface area contributed by atoms with Crippen molar-refractivity contribution in [3.63, 3.8) is 0 Å². The van der Waals surface area contributed by atoms with Crippen molar-refractivity contribution in [3.05, 3.63) is 35.7 Å². The van der Waals surface area contributed by atoms with Crippen LogP contribution in [0.4, 0.5) is 4.79 Å². The largest absolute Gasteiger partial charge is 0.444 e. The second-order valence-corrected chi connectivity index (χ2v) is 6.49. The highest BCUT2D eigenvalue weighted by atomic mass is 16.6. The van der Waals surface area contributed by atoms with Gasteiger partial charge in [-0.25, -0.2) is 4.79 Å². The first-order valence-electron chi connectivity index (χ1n) is 7.66. The number of amides is 1. The maximum atomic E-state index is 12.0. The molecular formula is C17H25N3O2. The van der Waals surface area contributed by atoms with E-state index in [9.17, 15) is 4.79 Å². The van der Waals surface area contributed by atoms with Crippen molar-refractivity contribution < 1.29 is 9.53 Å². The molecule has 1 aromatic heterocycles. The summed E-state index contributed by atoms with van der Waals surface area (Å²) < 4.78 is 5.40. The lowest BCUT2D eigenvalue weighted by atomic mass is 10.0. The lowest BCUT2D eigenvalue weighted by Crippen LogP contribution is -2.39. The first-order chi connectivity index (χ1) is 10.4. The SMILES string of the molecule is CNCc1ccnc(C2=CCN(C(=O)OC(C)(C)C)CC2)c1. The highest BCUT2D eigenvalue weighted by Crippen LogP contribution is 2.22. The molecule has 0 aromatic carbocycles. The summed E-state index contributed by atoms with van der Waals surface area (Å²) in [7, 11) is 1.93. The Balaban J connectivity index is 2.02. The smallest absolute Gasteiger partial charge is 0.410 e. The Morgan fingerprint density at radius 1 is 1.45 bits per heavy atom. The molecule has 1 N–H and O–H groups in total. The van der Waals surface area contributed by atoms with Crippen molar-refractivity contribution >= 4 is 11.7 Å². The molecule has 5 nitrogen and oxygen atoms in total. The minimum Gasteiger partial charge on any atom is -0.444 e. The van der Waals surface area contributed by atoms with E-state index in [0.717, 1.165) is 18.7 Å². The quantitative estimate of drug-likeness (QED) is 0.933. The Kier molecular flexibility index (Phi) is 5.19. The van der Waals surface area contributed by atoms with Crippen LogP contribution in [0.5, 0.6) is 0 Å². The van der Waals surface area contributed by atoms with Gasteiger partial charge in [0.15, 0.2) is 0 Å². The van der Waals surface area contributed by atoms with E-state index in [0.29, 0.717) is 13.1 Å². The minimum absolute atomic E-state index is 0.250. The number of nitrogens with zero attached hydrogens (tertiary/aromatic N) is 2. The van der Waals surface area contributed by atoms with Gasteiger partial charge in [-0.05, 0) is 57.5 Å². The van der Waals surface area contributed by atoms with Gasteiger partial charge in [-0.15, -0.1) is 0 Å². The molecule has 2 rings (SSSR count). The van der Waals surface area contributed by atoms with E-state index in [2.05, 4.69) is 22.4 Å². The van der Waals surface area contributed by atoms with E-state index in [1.54, 1.807) is 4.90 Å². The molecule has 1 aromatic rings.